The van der Waals surface area contributed by atoms with Gasteiger partial charge in [-0.2, -0.15) is 0 Å². The van der Waals surface area contributed by atoms with Crippen LogP contribution in [0.3, 0.4) is 0 Å². The first-order valence-corrected chi connectivity index (χ1v) is 2.39. The number of rotatable bonds is 3. The van der Waals surface area contributed by atoms with Gasteiger partial charge < -0.3 is 9.47 Å². The summed E-state index contributed by atoms with van der Waals surface area (Å²) in [4.78, 5) is 10.0. The van der Waals surface area contributed by atoms with Gasteiger partial charge in [0.25, 0.3) is 0 Å². The van der Waals surface area contributed by atoms with Crippen LogP contribution in [0.5, 0.6) is 0 Å². The molecule has 3 nitrogen and oxygen atoms in total. The Balaban J connectivity index is 0. The summed E-state index contributed by atoms with van der Waals surface area (Å²) in [5.74, 6) is -0.262. The van der Waals surface area contributed by atoms with E-state index in [0.717, 1.165) is 0 Å². The summed E-state index contributed by atoms with van der Waals surface area (Å²) in [5.41, 5.74) is 0. The maximum atomic E-state index is 10.0. The fraction of sp³-hybridized carbons (Fsp3) is 0.800. The van der Waals surface area contributed by atoms with Crippen LogP contribution >= 0.6 is 0 Å². The van der Waals surface area contributed by atoms with Crippen molar-refractivity contribution in [3.05, 3.63) is 0 Å². The molecule has 0 aromatic rings. The summed E-state index contributed by atoms with van der Waals surface area (Å²) in [7, 11) is 1.56. The third kappa shape index (κ3) is 11.7. The van der Waals surface area contributed by atoms with Gasteiger partial charge in [0.1, 0.15) is 6.61 Å². The fourth-order valence-electron chi connectivity index (χ4n) is 0.269. The normalized spacial score (nSPS) is 7.78. The topological polar surface area (TPSA) is 35.5 Å². The predicted molar refractivity (Wildman–Crippen MR) is 28.5 cm³/mol. The van der Waals surface area contributed by atoms with Crippen molar-refractivity contribution in [1.82, 2.24) is 0 Å². The SMILES string of the molecule is COCCOC(C)=O.[Zr]. The van der Waals surface area contributed by atoms with Gasteiger partial charge in [-0.1, -0.05) is 0 Å². The number of hydrogen-bond donors (Lipinski definition) is 0. The molecule has 0 heterocycles. The van der Waals surface area contributed by atoms with E-state index in [2.05, 4.69) is 9.47 Å². The largest absolute Gasteiger partial charge is 0.463 e. The summed E-state index contributed by atoms with van der Waals surface area (Å²) in [5, 5.41) is 0. The minimum atomic E-state index is -0.262. The molecule has 0 atom stereocenters. The maximum Gasteiger partial charge on any atom is 0.302 e. The zero-order valence-electron chi connectivity index (χ0n) is 5.64. The van der Waals surface area contributed by atoms with Gasteiger partial charge in [0.05, 0.1) is 6.61 Å². The van der Waals surface area contributed by atoms with Crippen LogP contribution in [0.1, 0.15) is 6.92 Å². The van der Waals surface area contributed by atoms with E-state index in [1.54, 1.807) is 7.11 Å². The molecule has 0 saturated carbocycles. The van der Waals surface area contributed by atoms with Gasteiger partial charge in [-0.25, -0.2) is 0 Å². The Bertz CT molecular complexity index is 74.6. The Hall–Kier alpha value is 0.313. The summed E-state index contributed by atoms with van der Waals surface area (Å²) in [6, 6.07) is 0. The Morgan fingerprint density at radius 3 is 2.33 bits per heavy atom. The van der Waals surface area contributed by atoms with Gasteiger partial charge >= 0.3 is 5.97 Å². The van der Waals surface area contributed by atoms with E-state index >= 15 is 0 Å². The molecule has 0 rings (SSSR count). The zero-order chi connectivity index (χ0) is 6.41. The predicted octanol–water partition coefficient (Wildman–Crippen LogP) is 0.193. The molecular formula is C5H10O3Zr. The van der Waals surface area contributed by atoms with E-state index in [1.807, 2.05) is 0 Å². The van der Waals surface area contributed by atoms with Crippen LogP contribution in [0, 0.1) is 0 Å². The first-order chi connectivity index (χ1) is 3.77. The Morgan fingerprint density at radius 2 is 2.00 bits per heavy atom. The van der Waals surface area contributed by atoms with Crippen molar-refractivity contribution in [3.63, 3.8) is 0 Å². The summed E-state index contributed by atoms with van der Waals surface area (Å²) < 4.78 is 9.13. The van der Waals surface area contributed by atoms with Crippen molar-refractivity contribution in [2.45, 2.75) is 6.92 Å². The molecule has 0 fully saturated rings. The molecule has 0 aromatic carbocycles. The quantitative estimate of drug-likeness (QED) is 0.492. The molecule has 0 aromatic heterocycles. The Labute approximate surface area is 73.8 Å². The first-order valence-electron chi connectivity index (χ1n) is 2.39. The van der Waals surface area contributed by atoms with Crippen molar-refractivity contribution >= 4 is 5.97 Å². The van der Waals surface area contributed by atoms with E-state index in [-0.39, 0.29) is 32.2 Å². The van der Waals surface area contributed by atoms with Crippen LogP contribution in [-0.4, -0.2) is 26.3 Å². The second-order valence-corrected chi connectivity index (χ2v) is 1.33. The number of carbonyl (C=O) groups is 1. The monoisotopic (exact) mass is 208 g/mol. The molecule has 0 amide bonds. The Kier molecular flexibility index (Phi) is 11.1. The average molecular weight is 209 g/mol. The van der Waals surface area contributed by atoms with Gasteiger partial charge in [-0.15, -0.1) is 0 Å². The van der Waals surface area contributed by atoms with Gasteiger partial charge in [-0.05, 0) is 0 Å². The summed E-state index contributed by atoms with van der Waals surface area (Å²) >= 11 is 0. The van der Waals surface area contributed by atoms with E-state index in [4.69, 9.17) is 0 Å². The molecule has 0 saturated heterocycles. The number of methoxy groups -OCH3 is 1. The summed E-state index contributed by atoms with van der Waals surface area (Å²) in [6.45, 7) is 2.20. The third-order valence-corrected chi connectivity index (χ3v) is 0.593. The molecule has 0 N–H and O–H groups in total. The third-order valence-electron chi connectivity index (χ3n) is 0.593. The van der Waals surface area contributed by atoms with E-state index < -0.39 is 0 Å². The first kappa shape index (κ1) is 12.0. The van der Waals surface area contributed by atoms with Gasteiger partial charge in [0.2, 0.25) is 0 Å². The second-order valence-electron chi connectivity index (χ2n) is 1.33. The van der Waals surface area contributed by atoms with E-state index in [9.17, 15) is 4.79 Å². The molecule has 0 aliphatic heterocycles. The molecule has 9 heavy (non-hydrogen) atoms. The van der Waals surface area contributed by atoms with Crippen molar-refractivity contribution in [1.29, 1.82) is 0 Å². The molecule has 0 aliphatic carbocycles. The molecule has 4 heteroatoms. The van der Waals surface area contributed by atoms with Gasteiger partial charge in [0, 0.05) is 40.2 Å². The van der Waals surface area contributed by atoms with Crippen LogP contribution in [-0.2, 0) is 40.5 Å². The summed E-state index contributed by atoms with van der Waals surface area (Å²) in [6.07, 6.45) is 0. The smallest absolute Gasteiger partial charge is 0.302 e. The van der Waals surface area contributed by atoms with Crippen LogP contribution in [0.2, 0.25) is 0 Å². The van der Waals surface area contributed by atoms with Crippen molar-refractivity contribution in [2.75, 3.05) is 20.3 Å². The molecule has 0 bridgehead atoms. The molecule has 0 spiro atoms. The zero-order valence-corrected chi connectivity index (χ0v) is 8.10. The van der Waals surface area contributed by atoms with Crippen LogP contribution in [0.25, 0.3) is 0 Å². The van der Waals surface area contributed by atoms with Gasteiger partial charge in [-0.3, -0.25) is 4.79 Å². The minimum absolute atomic E-state index is 0. The van der Waals surface area contributed by atoms with Crippen LogP contribution in [0.4, 0.5) is 0 Å². The van der Waals surface area contributed by atoms with E-state index in [0.29, 0.717) is 13.2 Å². The molecular weight excluding hydrogens is 199 g/mol. The Morgan fingerprint density at radius 1 is 1.44 bits per heavy atom. The van der Waals surface area contributed by atoms with Crippen LogP contribution < -0.4 is 0 Å². The number of ether oxygens (including phenoxy) is 2. The van der Waals surface area contributed by atoms with Crippen molar-refractivity contribution in [2.24, 2.45) is 0 Å². The number of hydrogen-bond acceptors (Lipinski definition) is 3. The van der Waals surface area contributed by atoms with Crippen LogP contribution in [0.15, 0.2) is 0 Å². The minimum Gasteiger partial charge on any atom is -0.463 e. The average Bonchev–Trinajstić information content (AvgIpc) is 1.66. The maximum absolute atomic E-state index is 10.0. The van der Waals surface area contributed by atoms with E-state index in [1.165, 1.54) is 6.92 Å². The molecule has 0 aliphatic rings. The molecule has 52 valence electrons. The fourth-order valence-corrected chi connectivity index (χ4v) is 0.269. The number of carbonyl (C=O) groups excluding carboxylic acids is 1. The molecule has 0 radical (unpaired) electrons. The number of esters is 1. The van der Waals surface area contributed by atoms with Crippen molar-refractivity contribution in [3.8, 4) is 0 Å². The second kappa shape index (κ2) is 8.31. The molecule has 0 unspecified atom stereocenters. The standard InChI is InChI=1S/C5H10O3.Zr/c1-5(6)8-4-3-7-2;/h3-4H2,1-2H3;. The van der Waals surface area contributed by atoms with Gasteiger partial charge in [0.15, 0.2) is 0 Å². The van der Waals surface area contributed by atoms with Crippen molar-refractivity contribution < 1.29 is 40.5 Å².